The van der Waals surface area contributed by atoms with Crippen molar-refractivity contribution >= 4 is 20.6 Å². The largest absolute Gasteiger partial charge is 0.483 e. The fourth-order valence-corrected chi connectivity index (χ4v) is 2.29. The van der Waals surface area contributed by atoms with E-state index in [9.17, 15) is 0 Å². The van der Waals surface area contributed by atoms with Crippen molar-refractivity contribution in [2.75, 3.05) is 0 Å². The third-order valence-corrected chi connectivity index (χ3v) is 4.12. The van der Waals surface area contributed by atoms with Gasteiger partial charge in [0.25, 0.3) is 20.6 Å². The van der Waals surface area contributed by atoms with E-state index in [0.29, 0.717) is 0 Å². The zero-order valence-corrected chi connectivity index (χ0v) is 7.16. The first-order valence-corrected chi connectivity index (χ1v) is 6.27. The number of hydrogen-bond acceptors (Lipinski definition) is 1. The maximum absolute atomic E-state index is 8.36. The first kappa shape index (κ1) is 9.00. The maximum atomic E-state index is 8.36. The number of carbonyl (C=O) groups is 1. The van der Waals surface area contributed by atoms with Crippen LogP contribution in [-0.2, 0) is 4.79 Å². The summed E-state index contributed by atoms with van der Waals surface area (Å²) < 4.78 is 1.24. The van der Waals surface area contributed by atoms with Gasteiger partial charge in [-0.1, -0.05) is 17.6 Å². The molecule has 9 heavy (non-hydrogen) atoms. The molecule has 1 N–H and O–H groups in total. The summed E-state index contributed by atoms with van der Waals surface area (Å²) in [6.07, 6.45) is 3.12. The van der Waals surface area contributed by atoms with E-state index >= 15 is 0 Å². The Hall–Kier alpha value is 0.00247. The Bertz CT molecular complexity index is 79.1. The van der Waals surface area contributed by atoms with Crippen LogP contribution in [0.4, 0.5) is 0 Å². The lowest BCUT2D eigenvalue weighted by molar-refractivity contribution is -0.122. The molecule has 1 rings (SSSR count). The highest BCUT2D eigenvalue weighted by atomic mass is 27.2. The second-order valence-electron chi connectivity index (χ2n) is 2.69. The summed E-state index contributed by atoms with van der Waals surface area (Å²) in [5, 5.41) is 6.89. The van der Waals surface area contributed by atoms with Gasteiger partial charge in [-0.15, -0.1) is 11.6 Å². The standard InChI is InChI=1S/C3H5.CH2O2.2CH3.Al/c1-2-3-1;2-1-3;;;/h1H,2-3H2;1H,(H,2,3);2*1H3;. The number of carboxylic acid groups (broad SMARTS) is 1. The van der Waals surface area contributed by atoms with Crippen LogP contribution in [-0.4, -0.2) is 25.7 Å². The van der Waals surface area contributed by atoms with E-state index in [1.807, 2.05) is 0 Å². The zero-order chi connectivity index (χ0) is 7.28. The second kappa shape index (κ2) is 4.84. The predicted molar refractivity (Wildman–Crippen MR) is 39.2 cm³/mol. The fraction of sp³-hybridized carbons (Fsp3) is 0.833. The Balaban J connectivity index is 0.000000187. The van der Waals surface area contributed by atoms with Crippen molar-refractivity contribution in [2.24, 2.45) is 0 Å². The maximum Gasteiger partial charge on any atom is 0.290 e. The van der Waals surface area contributed by atoms with Crippen LogP contribution in [0.3, 0.4) is 0 Å². The van der Waals surface area contributed by atoms with Gasteiger partial charge in [-0.3, -0.25) is 4.79 Å². The number of rotatable bonds is 1. The topological polar surface area (TPSA) is 37.3 Å². The first-order chi connectivity index (χ1) is 4.22. The van der Waals surface area contributed by atoms with Crippen molar-refractivity contribution in [1.82, 2.24) is 0 Å². The third kappa shape index (κ3) is 5.88. The summed E-state index contributed by atoms with van der Waals surface area (Å²) in [6.45, 7) is -0.250. The normalized spacial score (nSPS) is 15.3. The molecule has 0 unspecified atom stereocenters. The summed E-state index contributed by atoms with van der Waals surface area (Å²) in [4.78, 5) is 8.36. The molecular weight excluding hydrogens is 131 g/mol. The van der Waals surface area contributed by atoms with Crippen molar-refractivity contribution in [3.63, 3.8) is 0 Å². The molecule has 2 nitrogen and oxygen atoms in total. The van der Waals surface area contributed by atoms with Gasteiger partial charge in [0.1, 0.15) is 0 Å². The lowest BCUT2D eigenvalue weighted by atomic mass is 11.0. The molecule has 1 aliphatic rings. The highest BCUT2D eigenvalue weighted by molar-refractivity contribution is 6.58. The molecule has 1 saturated carbocycles. The van der Waals surface area contributed by atoms with E-state index in [-0.39, 0.29) is 20.6 Å². The van der Waals surface area contributed by atoms with E-state index in [1.54, 1.807) is 12.8 Å². The molecule has 0 aromatic heterocycles. The smallest absolute Gasteiger partial charge is 0.290 e. The lowest BCUT2D eigenvalue weighted by Crippen LogP contribution is -1.96. The van der Waals surface area contributed by atoms with Crippen molar-refractivity contribution in [3.8, 4) is 0 Å². The molecule has 0 aromatic rings. The van der Waals surface area contributed by atoms with Crippen LogP contribution in [0.1, 0.15) is 12.8 Å². The highest BCUT2D eigenvalue weighted by Crippen LogP contribution is 2.38. The molecule has 0 spiro atoms. The molecule has 0 bridgehead atoms. The van der Waals surface area contributed by atoms with Gasteiger partial charge >= 0.3 is 0 Å². The molecule has 0 aromatic carbocycles. The molecule has 52 valence electrons. The van der Waals surface area contributed by atoms with Crippen molar-refractivity contribution in [2.45, 2.75) is 29.2 Å². The van der Waals surface area contributed by atoms with E-state index in [4.69, 9.17) is 9.90 Å². The van der Waals surface area contributed by atoms with Crippen LogP contribution in [0.2, 0.25) is 16.4 Å². The van der Waals surface area contributed by atoms with E-state index < -0.39 is 0 Å². The average molecular weight is 144 g/mol. The molecule has 0 amide bonds. The zero-order valence-electron chi connectivity index (χ0n) is 6.00. The Morgan fingerprint density at radius 1 is 1.56 bits per heavy atom. The molecule has 0 heterocycles. The summed E-state index contributed by atoms with van der Waals surface area (Å²) in [6, 6.07) is 0. The minimum atomic E-state index is -0.250. The van der Waals surface area contributed by atoms with E-state index in [1.165, 1.54) is 4.78 Å². The average Bonchev–Trinajstić information content (AvgIpc) is 2.44. The van der Waals surface area contributed by atoms with E-state index in [0.717, 1.165) is 0 Å². The van der Waals surface area contributed by atoms with Crippen molar-refractivity contribution < 1.29 is 9.90 Å². The van der Waals surface area contributed by atoms with Crippen LogP contribution in [0, 0.1) is 0 Å². The molecule has 0 aliphatic heterocycles. The van der Waals surface area contributed by atoms with Crippen LogP contribution in [0.5, 0.6) is 0 Å². The highest BCUT2D eigenvalue weighted by Gasteiger charge is 2.27. The second-order valence-corrected chi connectivity index (χ2v) is 6.12. The molecular formula is C6H13AlO2. The monoisotopic (exact) mass is 144 g/mol. The SMILES string of the molecule is O=CO.[CH3][Al]([CH3])[CH]1CC1. The van der Waals surface area contributed by atoms with Gasteiger partial charge in [0.2, 0.25) is 0 Å². The molecule has 0 saturated heterocycles. The lowest BCUT2D eigenvalue weighted by Gasteiger charge is -1.85. The van der Waals surface area contributed by atoms with Crippen molar-refractivity contribution in [1.29, 1.82) is 0 Å². The predicted octanol–water partition coefficient (Wildman–Crippen LogP) is 1.61. The Morgan fingerprint density at radius 2 is 1.89 bits per heavy atom. The molecule has 1 fully saturated rings. The fourth-order valence-electron chi connectivity index (χ4n) is 0.763. The molecule has 0 radical (unpaired) electrons. The van der Waals surface area contributed by atoms with Crippen LogP contribution < -0.4 is 0 Å². The van der Waals surface area contributed by atoms with Crippen LogP contribution in [0.15, 0.2) is 0 Å². The minimum Gasteiger partial charge on any atom is -0.483 e. The summed E-state index contributed by atoms with van der Waals surface area (Å²) in [5.74, 6) is 4.88. The van der Waals surface area contributed by atoms with Gasteiger partial charge in [0, 0.05) is 0 Å². The van der Waals surface area contributed by atoms with Gasteiger partial charge in [-0.05, 0) is 0 Å². The summed E-state index contributed by atoms with van der Waals surface area (Å²) >= 11 is -0.133. The van der Waals surface area contributed by atoms with Crippen molar-refractivity contribution in [3.05, 3.63) is 0 Å². The number of hydrogen-bond donors (Lipinski definition) is 1. The van der Waals surface area contributed by atoms with Gasteiger partial charge in [0.05, 0.1) is 0 Å². The van der Waals surface area contributed by atoms with Gasteiger partial charge in [0.15, 0.2) is 0 Å². The van der Waals surface area contributed by atoms with Gasteiger partial charge < -0.3 is 5.11 Å². The minimum absolute atomic E-state index is 0.133. The Kier molecular flexibility index (Phi) is 4.84. The molecule has 1 aliphatic carbocycles. The van der Waals surface area contributed by atoms with E-state index in [2.05, 4.69) is 11.6 Å². The first-order valence-electron chi connectivity index (χ1n) is 3.30. The van der Waals surface area contributed by atoms with Crippen LogP contribution in [0.25, 0.3) is 0 Å². The quantitative estimate of drug-likeness (QED) is 0.448. The molecule has 0 atom stereocenters. The third-order valence-electron chi connectivity index (χ3n) is 1.56. The Morgan fingerprint density at radius 3 is 1.89 bits per heavy atom. The Labute approximate surface area is 60.3 Å². The molecule has 3 heteroatoms. The summed E-state index contributed by atoms with van der Waals surface area (Å²) in [5.41, 5.74) is 0. The van der Waals surface area contributed by atoms with Crippen LogP contribution >= 0.6 is 0 Å². The van der Waals surface area contributed by atoms with Gasteiger partial charge in [-0.25, -0.2) is 0 Å². The summed E-state index contributed by atoms with van der Waals surface area (Å²) in [7, 11) is 0. The van der Waals surface area contributed by atoms with Gasteiger partial charge in [-0.2, -0.15) is 0 Å².